The number of fused-ring (bicyclic) bond motifs is 1. The molecule has 0 saturated carbocycles. The van der Waals surface area contributed by atoms with Gasteiger partial charge in [0.15, 0.2) is 0 Å². The number of halogens is 1. The molecule has 22 heavy (non-hydrogen) atoms. The van der Waals surface area contributed by atoms with E-state index in [1.807, 2.05) is 0 Å². The fraction of sp³-hybridized carbons (Fsp3) is 0.467. The quantitative estimate of drug-likeness (QED) is 0.702. The van der Waals surface area contributed by atoms with Gasteiger partial charge < -0.3 is 16.4 Å². The molecule has 1 unspecified atom stereocenters. The number of primary amides is 1. The lowest BCUT2D eigenvalue weighted by Crippen LogP contribution is -2.31. The third kappa shape index (κ3) is 4.91. The Balaban J connectivity index is 1.80. The highest BCUT2D eigenvalue weighted by atomic mass is 32.2. The number of rotatable bonds is 6. The Morgan fingerprint density at radius 1 is 1.36 bits per heavy atom. The Morgan fingerprint density at radius 3 is 2.95 bits per heavy atom. The standard InChI is InChI=1S/C15H20FN3O2S/c16-10-4-5-13-11(9-10)12(6-8-22-13)19-14(20)3-1-2-7-18-15(17)21/h4-5,9,12H,1-3,6-8H2,(H,19,20)(H3,17,18,21). The molecule has 0 radical (unpaired) electrons. The summed E-state index contributed by atoms with van der Waals surface area (Å²) in [5.41, 5.74) is 5.81. The van der Waals surface area contributed by atoms with Crippen LogP contribution in [0.4, 0.5) is 9.18 Å². The van der Waals surface area contributed by atoms with Crippen molar-refractivity contribution >= 4 is 23.7 Å². The highest BCUT2D eigenvalue weighted by Crippen LogP contribution is 2.36. The molecule has 120 valence electrons. The van der Waals surface area contributed by atoms with Gasteiger partial charge in [-0.2, -0.15) is 0 Å². The lowest BCUT2D eigenvalue weighted by atomic mass is 10.0. The van der Waals surface area contributed by atoms with E-state index in [4.69, 9.17) is 5.73 Å². The minimum atomic E-state index is -0.553. The predicted octanol–water partition coefficient (Wildman–Crippen LogP) is 2.32. The molecule has 1 aromatic rings. The summed E-state index contributed by atoms with van der Waals surface area (Å²) in [6.45, 7) is 0.469. The summed E-state index contributed by atoms with van der Waals surface area (Å²) in [7, 11) is 0. The summed E-state index contributed by atoms with van der Waals surface area (Å²) in [4.78, 5) is 23.5. The Kier molecular flexibility index (Phi) is 6.06. The van der Waals surface area contributed by atoms with Crippen LogP contribution in [-0.4, -0.2) is 24.2 Å². The maximum atomic E-state index is 13.4. The lowest BCUT2D eigenvalue weighted by molar-refractivity contribution is -0.122. The molecule has 0 spiro atoms. The molecule has 5 nitrogen and oxygen atoms in total. The smallest absolute Gasteiger partial charge is 0.312 e. The average Bonchev–Trinajstić information content (AvgIpc) is 2.47. The van der Waals surface area contributed by atoms with Crippen molar-refractivity contribution in [1.29, 1.82) is 0 Å². The molecule has 4 N–H and O–H groups in total. The van der Waals surface area contributed by atoms with Crippen molar-refractivity contribution in [1.82, 2.24) is 10.6 Å². The van der Waals surface area contributed by atoms with Crippen molar-refractivity contribution in [2.45, 2.75) is 36.6 Å². The first kappa shape index (κ1) is 16.6. The van der Waals surface area contributed by atoms with Crippen LogP contribution in [0.1, 0.15) is 37.3 Å². The molecule has 7 heteroatoms. The van der Waals surface area contributed by atoms with Crippen molar-refractivity contribution in [3.05, 3.63) is 29.6 Å². The number of carbonyl (C=O) groups excluding carboxylic acids is 2. The van der Waals surface area contributed by atoms with Gasteiger partial charge in [-0.1, -0.05) is 0 Å². The zero-order valence-corrected chi connectivity index (χ0v) is 13.0. The number of hydrogen-bond donors (Lipinski definition) is 3. The van der Waals surface area contributed by atoms with Gasteiger partial charge in [0.1, 0.15) is 5.82 Å². The molecule has 1 heterocycles. The molecule has 1 aliphatic heterocycles. The fourth-order valence-corrected chi connectivity index (χ4v) is 3.51. The molecule has 0 fully saturated rings. The first-order valence-corrected chi connectivity index (χ1v) is 8.30. The van der Waals surface area contributed by atoms with Gasteiger partial charge in [-0.15, -0.1) is 11.8 Å². The second-order valence-electron chi connectivity index (χ2n) is 5.19. The van der Waals surface area contributed by atoms with Crippen LogP contribution in [0.5, 0.6) is 0 Å². The third-order valence-corrected chi connectivity index (χ3v) is 4.60. The number of hydrogen-bond acceptors (Lipinski definition) is 3. The summed E-state index contributed by atoms with van der Waals surface area (Å²) >= 11 is 1.69. The van der Waals surface area contributed by atoms with Crippen molar-refractivity contribution in [2.75, 3.05) is 12.3 Å². The maximum Gasteiger partial charge on any atom is 0.312 e. The minimum absolute atomic E-state index is 0.0498. The van der Waals surface area contributed by atoms with Gasteiger partial charge in [-0.05, 0) is 43.0 Å². The molecule has 0 saturated heterocycles. The summed E-state index contributed by atoms with van der Waals surface area (Å²) in [5, 5.41) is 5.45. The second-order valence-corrected chi connectivity index (χ2v) is 6.32. The SMILES string of the molecule is NC(=O)NCCCCC(=O)NC1CCSc2ccc(F)cc21. The number of carbonyl (C=O) groups is 2. The number of amides is 3. The first-order chi connectivity index (χ1) is 10.6. The van der Waals surface area contributed by atoms with Crippen LogP contribution in [0.15, 0.2) is 23.1 Å². The molecule has 2 rings (SSSR count). The van der Waals surface area contributed by atoms with Gasteiger partial charge in [-0.3, -0.25) is 4.79 Å². The van der Waals surface area contributed by atoms with E-state index in [0.29, 0.717) is 25.8 Å². The molecular formula is C15H20FN3O2S. The molecule has 1 aliphatic rings. The number of urea groups is 1. The number of thioether (sulfide) groups is 1. The Bertz CT molecular complexity index is 554. The van der Waals surface area contributed by atoms with Crippen LogP contribution < -0.4 is 16.4 Å². The topological polar surface area (TPSA) is 84.2 Å². The van der Waals surface area contributed by atoms with Gasteiger partial charge in [0.2, 0.25) is 5.91 Å². The van der Waals surface area contributed by atoms with Crippen molar-refractivity contribution in [2.24, 2.45) is 5.73 Å². The highest BCUT2D eigenvalue weighted by Gasteiger charge is 2.22. The lowest BCUT2D eigenvalue weighted by Gasteiger charge is -2.26. The first-order valence-electron chi connectivity index (χ1n) is 7.31. The third-order valence-electron chi connectivity index (χ3n) is 3.48. The molecule has 0 bridgehead atoms. The summed E-state index contributed by atoms with van der Waals surface area (Å²) < 4.78 is 13.4. The molecule has 3 amide bonds. The number of nitrogens with two attached hydrogens (primary N) is 1. The van der Waals surface area contributed by atoms with Crippen molar-refractivity contribution in [3.63, 3.8) is 0 Å². The van der Waals surface area contributed by atoms with E-state index >= 15 is 0 Å². The zero-order chi connectivity index (χ0) is 15.9. The van der Waals surface area contributed by atoms with E-state index in [-0.39, 0.29) is 17.8 Å². The van der Waals surface area contributed by atoms with E-state index in [0.717, 1.165) is 22.6 Å². The van der Waals surface area contributed by atoms with Crippen molar-refractivity contribution < 1.29 is 14.0 Å². The van der Waals surface area contributed by atoms with Gasteiger partial charge in [0, 0.05) is 23.6 Å². The van der Waals surface area contributed by atoms with Crippen LogP contribution in [0.2, 0.25) is 0 Å². The second kappa shape index (κ2) is 8.03. The van der Waals surface area contributed by atoms with Crippen LogP contribution in [0.25, 0.3) is 0 Å². The van der Waals surface area contributed by atoms with E-state index in [1.54, 1.807) is 17.8 Å². The van der Waals surface area contributed by atoms with Gasteiger partial charge in [0.05, 0.1) is 6.04 Å². The van der Waals surface area contributed by atoms with Crippen LogP contribution in [-0.2, 0) is 4.79 Å². The van der Waals surface area contributed by atoms with E-state index in [9.17, 15) is 14.0 Å². The van der Waals surface area contributed by atoms with Gasteiger partial charge in [0.25, 0.3) is 0 Å². The molecule has 0 aromatic heterocycles. The zero-order valence-electron chi connectivity index (χ0n) is 12.2. The minimum Gasteiger partial charge on any atom is -0.352 e. The largest absolute Gasteiger partial charge is 0.352 e. The normalized spacial score (nSPS) is 16.7. The van der Waals surface area contributed by atoms with Gasteiger partial charge >= 0.3 is 6.03 Å². The average molecular weight is 325 g/mol. The number of nitrogens with one attached hydrogen (secondary N) is 2. The predicted molar refractivity (Wildman–Crippen MR) is 84.1 cm³/mol. The Morgan fingerprint density at radius 2 is 2.18 bits per heavy atom. The summed E-state index contributed by atoms with van der Waals surface area (Å²) in [6, 6.07) is 4.04. The molecular weight excluding hydrogens is 305 g/mol. The fourth-order valence-electron chi connectivity index (χ4n) is 2.40. The highest BCUT2D eigenvalue weighted by molar-refractivity contribution is 7.99. The Hall–Kier alpha value is -1.76. The molecule has 0 aliphatic carbocycles. The summed E-state index contributed by atoms with van der Waals surface area (Å²) in [6.07, 6.45) is 2.55. The maximum absolute atomic E-state index is 13.4. The van der Waals surface area contributed by atoms with Gasteiger partial charge in [-0.25, -0.2) is 9.18 Å². The Labute approximate surface area is 133 Å². The van der Waals surface area contributed by atoms with Crippen molar-refractivity contribution in [3.8, 4) is 0 Å². The van der Waals surface area contributed by atoms with E-state index in [2.05, 4.69) is 10.6 Å². The summed E-state index contributed by atoms with van der Waals surface area (Å²) in [5.74, 6) is 0.579. The van der Waals surface area contributed by atoms with Crippen LogP contribution in [0, 0.1) is 5.82 Å². The van der Waals surface area contributed by atoms with E-state index in [1.165, 1.54) is 12.1 Å². The molecule has 1 aromatic carbocycles. The number of unbranched alkanes of at least 4 members (excludes halogenated alkanes) is 1. The monoisotopic (exact) mass is 325 g/mol. The number of benzene rings is 1. The van der Waals surface area contributed by atoms with Crippen LogP contribution in [0.3, 0.4) is 0 Å². The van der Waals surface area contributed by atoms with Crippen LogP contribution >= 0.6 is 11.8 Å². The van der Waals surface area contributed by atoms with E-state index < -0.39 is 6.03 Å². The molecule has 1 atom stereocenters.